The fraction of sp³-hybridized carbons (Fsp3) is 0.875. The molecule has 64 valence electrons. The number of hydrogen-bond acceptors (Lipinski definition) is 2. The van der Waals surface area contributed by atoms with Crippen LogP contribution in [0.3, 0.4) is 0 Å². The van der Waals surface area contributed by atoms with Crippen molar-refractivity contribution in [1.29, 1.82) is 0 Å². The molecule has 1 aliphatic rings. The first-order valence-electron chi connectivity index (χ1n) is 4.15. The van der Waals surface area contributed by atoms with Crippen LogP contribution in [0.4, 0.5) is 0 Å². The van der Waals surface area contributed by atoms with Crippen molar-refractivity contribution in [1.82, 2.24) is 5.32 Å². The van der Waals surface area contributed by atoms with E-state index in [4.69, 9.17) is 5.73 Å². The zero-order valence-electron chi connectivity index (χ0n) is 7.13. The van der Waals surface area contributed by atoms with Gasteiger partial charge in [-0.1, -0.05) is 6.92 Å². The molecule has 1 rings (SSSR count). The number of piperidine rings is 1. The van der Waals surface area contributed by atoms with Crippen molar-refractivity contribution >= 4 is 5.91 Å². The maximum Gasteiger partial charge on any atom is 0.224 e. The molecule has 1 heterocycles. The zero-order chi connectivity index (χ0) is 8.43. The molecule has 0 radical (unpaired) electrons. The smallest absolute Gasteiger partial charge is 0.224 e. The van der Waals surface area contributed by atoms with E-state index in [2.05, 4.69) is 12.2 Å². The van der Waals surface area contributed by atoms with Gasteiger partial charge < -0.3 is 11.1 Å². The number of nitrogens with two attached hydrogens (primary N) is 1. The summed E-state index contributed by atoms with van der Waals surface area (Å²) in [6.07, 6.45) is 1.05. The lowest BCUT2D eigenvalue weighted by molar-refractivity contribution is -0.129. The number of carbonyl (C=O) groups excluding carboxylic acids is 1. The first kappa shape index (κ1) is 8.53. The van der Waals surface area contributed by atoms with Gasteiger partial charge in [0, 0.05) is 12.6 Å². The van der Waals surface area contributed by atoms with Crippen molar-refractivity contribution in [2.24, 2.45) is 17.6 Å². The van der Waals surface area contributed by atoms with E-state index in [-0.39, 0.29) is 11.8 Å². The summed E-state index contributed by atoms with van der Waals surface area (Å²) in [6.45, 7) is 4.59. The maximum absolute atomic E-state index is 11.3. The average molecular weight is 156 g/mol. The van der Waals surface area contributed by atoms with Gasteiger partial charge in [0.05, 0.1) is 5.92 Å². The van der Waals surface area contributed by atoms with Crippen molar-refractivity contribution in [3.8, 4) is 0 Å². The van der Waals surface area contributed by atoms with Crippen LogP contribution in [0.5, 0.6) is 0 Å². The lowest BCUT2D eigenvalue weighted by atomic mass is 9.84. The molecule has 1 aliphatic heterocycles. The summed E-state index contributed by atoms with van der Waals surface area (Å²) < 4.78 is 0. The fourth-order valence-electron chi connectivity index (χ4n) is 1.73. The number of hydrogen-bond donors (Lipinski definition) is 2. The van der Waals surface area contributed by atoms with E-state index in [0.29, 0.717) is 18.5 Å². The van der Waals surface area contributed by atoms with Crippen LogP contribution < -0.4 is 11.1 Å². The minimum absolute atomic E-state index is 0.0335. The maximum atomic E-state index is 11.3. The van der Waals surface area contributed by atoms with Crippen molar-refractivity contribution in [2.45, 2.75) is 26.3 Å². The minimum Gasteiger partial charge on any atom is -0.353 e. The Hall–Kier alpha value is -0.570. The Labute approximate surface area is 67.3 Å². The van der Waals surface area contributed by atoms with Gasteiger partial charge in [0.15, 0.2) is 0 Å². The molecule has 1 fully saturated rings. The van der Waals surface area contributed by atoms with Crippen LogP contribution in [0.15, 0.2) is 0 Å². The Bertz CT molecular complexity index is 158. The van der Waals surface area contributed by atoms with E-state index >= 15 is 0 Å². The molecule has 3 heteroatoms. The summed E-state index contributed by atoms with van der Waals surface area (Å²) in [5, 5.41) is 2.89. The summed E-state index contributed by atoms with van der Waals surface area (Å²) in [5.74, 6) is 0.591. The molecule has 3 unspecified atom stereocenters. The predicted octanol–water partition coefficient (Wildman–Crippen LogP) is 0.106. The van der Waals surface area contributed by atoms with Gasteiger partial charge in [-0.05, 0) is 19.3 Å². The van der Waals surface area contributed by atoms with Gasteiger partial charge >= 0.3 is 0 Å². The van der Waals surface area contributed by atoms with Crippen molar-refractivity contribution in [3.05, 3.63) is 0 Å². The van der Waals surface area contributed by atoms with Gasteiger partial charge in [-0.25, -0.2) is 0 Å². The van der Waals surface area contributed by atoms with Crippen LogP contribution in [0.1, 0.15) is 20.3 Å². The summed E-state index contributed by atoms with van der Waals surface area (Å²) >= 11 is 0. The number of carbonyl (C=O) groups is 1. The molecular weight excluding hydrogens is 140 g/mol. The zero-order valence-corrected chi connectivity index (χ0v) is 7.13. The van der Waals surface area contributed by atoms with E-state index < -0.39 is 0 Å². The third kappa shape index (κ3) is 1.71. The average Bonchev–Trinajstić information content (AvgIpc) is 1.85. The normalized spacial score (nSPS) is 38.5. The molecule has 1 saturated heterocycles. The van der Waals surface area contributed by atoms with E-state index in [1.165, 1.54) is 0 Å². The number of amides is 1. The molecule has 0 bridgehead atoms. The molecule has 0 saturated carbocycles. The topological polar surface area (TPSA) is 55.1 Å². The van der Waals surface area contributed by atoms with Crippen LogP contribution in [0, 0.1) is 11.8 Å². The van der Waals surface area contributed by atoms with Crippen molar-refractivity contribution < 1.29 is 4.79 Å². The molecule has 3 nitrogen and oxygen atoms in total. The van der Waals surface area contributed by atoms with Crippen molar-refractivity contribution in [2.75, 3.05) is 6.54 Å². The van der Waals surface area contributed by atoms with Gasteiger partial charge in [-0.15, -0.1) is 0 Å². The standard InChI is InChI=1S/C8H16N2O/c1-5-3-6(2)10-8(11)7(5)4-9/h5-7H,3-4,9H2,1-2H3,(H,10,11). The summed E-state index contributed by atoms with van der Waals surface area (Å²) in [4.78, 5) is 11.3. The van der Waals surface area contributed by atoms with Gasteiger partial charge in [0.2, 0.25) is 5.91 Å². The SMILES string of the molecule is CC1CC(C)C(CN)C(=O)N1. The lowest BCUT2D eigenvalue weighted by Gasteiger charge is -2.31. The molecular formula is C8H16N2O. The Kier molecular flexibility index (Phi) is 2.49. The largest absolute Gasteiger partial charge is 0.353 e. The highest BCUT2D eigenvalue weighted by molar-refractivity contribution is 5.80. The second kappa shape index (κ2) is 3.22. The first-order chi connectivity index (χ1) is 5.15. The Balaban J connectivity index is 2.59. The van der Waals surface area contributed by atoms with Gasteiger partial charge in [-0.2, -0.15) is 0 Å². The van der Waals surface area contributed by atoms with Crippen LogP contribution in [0.25, 0.3) is 0 Å². The van der Waals surface area contributed by atoms with Crippen LogP contribution in [0.2, 0.25) is 0 Å². The van der Waals surface area contributed by atoms with Crippen LogP contribution >= 0.6 is 0 Å². The number of rotatable bonds is 1. The summed E-state index contributed by atoms with van der Waals surface area (Å²) in [7, 11) is 0. The molecule has 0 spiro atoms. The highest BCUT2D eigenvalue weighted by Crippen LogP contribution is 2.21. The third-order valence-corrected chi connectivity index (χ3v) is 2.39. The first-order valence-corrected chi connectivity index (χ1v) is 4.15. The van der Waals surface area contributed by atoms with E-state index in [1.54, 1.807) is 0 Å². The second-order valence-corrected chi connectivity index (χ2v) is 3.46. The monoisotopic (exact) mass is 156 g/mol. The van der Waals surface area contributed by atoms with Gasteiger partial charge in [-0.3, -0.25) is 4.79 Å². The second-order valence-electron chi connectivity index (χ2n) is 3.46. The molecule has 11 heavy (non-hydrogen) atoms. The van der Waals surface area contributed by atoms with Crippen molar-refractivity contribution in [3.63, 3.8) is 0 Å². The predicted molar refractivity (Wildman–Crippen MR) is 43.9 cm³/mol. The molecule has 0 aromatic rings. The molecule has 3 N–H and O–H groups in total. The van der Waals surface area contributed by atoms with E-state index in [9.17, 15) is 4.79 Å². The molecule has 0 aromatic heterocycles. The summed E-state index contributed by atoms with van der Waals surface area (Å²) in [6, 6.07) is 0.320. The van der Waals surface area contributed by atoms with Crippen LogP contribution in [-0.2, 0) is 4.79 Å². The quantitative estimate of drug-likeness (QED) is 0.566. The third-order valence-electron chi connectivity index (χ3n) is 2.39. The molecule has 0 aromatic carbocycles. The molecule has 1 amide bonds. The lowest BCUT2D eigenvalue weighted by Crippen LogP contribution is -2.48. The Morgan fingerprint density at radius 2 is 2.27 bits per heavy atom. The fourth-order valence-corrected chi connectivity index (χ4v) is 1.73. The van der Waals surface area contributed by atoms with Crippen LogP contribution in [-0.4, -0.2) is 18.5 Å². The number of nitrogens with one attached hydrogen (secondary N) is 1. The Morgan fingerprint density at radius 3 is 2.73 bits per heavy atom. The van der Waals surface area contributed by atoms with E-state index in [0.717, 1.165) is 6.42 Å². The van der Waals surface area contributed by atoms with Gasteiger partial charge in [0.1, 0.15) is 0 Å². The molecule has 0 aliphatic carbocycles. The van der Waals surface area contributed by atoms with E-state index in [1.807, 2.05) is 6.92 Å². The highest BCUT2D eigenvalue weighted by Gasteiger charge is 2.30. The molecule has 3 atom stereocenters. The van der Waals surface area contributed by atoms with Gasteiger partial charge in [0.25, 0.3) is 0 Å². The minimum atomic E-state index is 0.0335. The highest BCUT2D eigenvalue weighted by atomic mass is 16.2. The Morgan fingerprint density at radius 1 is 1.64 bits per heavy atom. The summed E-state index contributed by atoms with van der Waals surface area (Å²) in [5.41, 5.74) is 5.47.